The molecule has 1 heterocycles. The van der Waals surface area contributed by atoms with E-state index in [9.17, 15) is 9.59 Å². The number of ether oxygens (including phenoxy) is 1. The van der Waals surface area contributed by atoms with Gasteiger partial charge >= 0.3 is 0 Å². The molecule has 0 aliphatic rings. The van der Waals surface area contributed by atoms with Crippen molar-refractivity contribution < 1.29 is 14.3 Å². The Bertz CT molecular complexity index is 497. The van der Waals surface area contributed by atoms with Crippen LogP contribution >= 0.6 is 23.2 Å². The second kappa shape index (κ2) is 8.04. The van der Waals surface area contributed by atoms with Gasteiger partial charge in [-0.2, -0.15) is 0 Å². The molecular weight excluding hydrogens is 305 g/mol. The molecule has 110 valence electrons. The van der Waals surface area contributed by atoms with Gasteiger partial charge in [0.1, 0.15) is 11.2 Å². The van der Waals surface area contributed by atoms with Crippen molar-refractivity contribution in [2.75, 3.05) is 20.3 Å². The Morgan fingerprint density at radius 2 is 2.15 bits per heavy atom. The fourth-order valence-electron chi connectivity index (χ4n) is 1.32. The van der Waals surface area contributed by atoms with Crippen LogP contribution < -0.4 is 10.6 Å². The van der Waals surface area contributed by atoms with E-state index in [1.54, 1.807) is 6.92 Å². The van der Waals surface area contributed by atoms with Gasteiger partial charge in [0.15, 0.2) is 0 Å². The third-order valence-electron chi connectivity index (χ3n) is 2.40. The Hall–Kier alpha value is -1.37. The van der Waals surface area contributed by atoms with Gasteiger partial charge in [-0.05, 0) is 13.0 Å². The van der Waals surface area contributed by atoms with Crippen molar-refractivity contribution in [2.24, 2.45) is 0 Å². The first kappa shape index (κ1) is 16.7. The molecule has 20 heavy (non-hydrogen) atoms. The smallest absolute Gasteiger partial charge is 0.253 e. The molecule has 0 aliphatic carbocycles. The summed E-state index contributed by atoms with van der Waals surface area (Å²) in [6, 6.07) is 0.704. The number of carbonyl (C=O) groups excluding carboxylic acids is 2. The van der Waals surface area contributed by atoms with Crippen LogP contribution in [0.15, 0.2) is 12.3 Å². The first-order valence-electron chi connectivity index (χ1n) is 5.84. The zero-order valence-electron chi connectivity index (χ0n) is 11.1. The maximum absolute atomic E-state index is 11.9. The number of halogens is 2. The van der Waals surface area contributed by atoms with Gasteiger partial charge in [0.2, 0.25) is 5.91 Å². The number of nitrogens with zero attached hydrogens (tertiary/aromatic N) is 1. The van der Waals surface area contributed by atoms with Crippen LogP contribution in [0.25, 0.3) is 0 Å². The molecular formula is C12H15Cl2N3O3. The molecule has 0 aromatic carbocycles. The number of rotatable bonds is 6. The summed E-state index contributed by atoms with van der Waals surface area (Å²) >= 11 is 11.4. The van der Waals surface area contributed by atoms with Gasteiger partial charge in [-0.15, -0.1) is 0 Å². The fourth-order valence-corrected chi connectivity index (χ4v) is 1.59. The fraction of sp³-hybridized carbons (Fsp3) is 0.417. The summed E-state index contributed by atoms with van der Waals surface area (Å²) in [5.74, 6) is -0.756. The topological polar surface area (TPSA) is 80.3 Å². The van der Waals surface area contributed by atoms with Crippen molar-refractivity contribution in [3.8, 4) is 0 Å². The maximum atomic E-state index is 11.9. The van der Waals surface area contributed by atoms with Crippen molar-refractivity contribution >= 4 is 35.0 Å². The molecule has 1 rings (SSSR count). The molecule has 0 bridgehead atoms. The number of nitrogens with one attached hydrogen (secondary N) is 2. The Morgan fingerprint density at radius 3 is 2.75 bits per heavy atom. The van der Waals surface area contributed by atoms with Gasteiger partial charge in [0.05, 0.1) is 17.2 Å². The Balaban J connectivity index is 2.56. The highest BCUT2D eigenvalue weighted by Gasteiger charge is 2.17. The summed E-state index contributed by atoms with van der Waals surface area (Å²) in [6.07, 6.45) is 1.29. The van der Waals surface area contributed by atoms with Gasteiger partial charge in [-0.3, -0.25) is 9.59 Å². The highest BCUT2D eigenvalue weighted by atomic mass is 35.5. The van der Waals surface area contributed by atoms with E-state index in [1.165, 1.54) is 19.4 Å². The van der Waals surface area contributed by atoms with Gasteiger partial charge in [0.25, 0.3) is 5.91 Å². The van der Waals surface area contributed by atoms with Crippen molar-refractivity contribution in [1.29, 1.82) is 0 Å². The van der Waals surface area contributed by atoms with E-state index in [-0.39, 0.29) is 21.6 Å². The van der Waals surface area contributed by atoms with Gasteiger partial charge < -0.3 is 15.4 Å². The number of amides is 2. The van der Waals surface area contributed by atoms with Crippen molar-refractivity contribution in [3.63, 3.8) is 0 Å². The van der Waals surface area contributed by atoms with E-state index in [0.717, 1.165) is 0 Å². The second-order valence-corrected chi connectivity index (χ2v) is 4.74. The Morgan fingerprint density at radius 1 is 1.45 bits per heavy atom. The summed E-state index contributed by atoms with van der Waals surface area (Å²) in [7, 11) is 1.54. The zero-order chi connectivity index (χ0) is 15.1. The standard InChI is InChI=1S/C12H15Cl2N3O3/c1-7(11(18)15-3-4-20-2)17-12(19)8-5-9(13)10(14)16-6-8/h5-7H,3-4H2,1-2H3,(H,15,18)(H,17,19). The predicted molar refractivity (Wildman–Crippen MR) is 76.1 cm³/mol. The van der Waals surface area contributed by atoms with Crippen molar-refractivity contribution in [2.45, 2.75) is 13.0 Å². The van der Waals surface area contributed by atoms with E-state index in [0.29, 0.717) is 13.2 Å². The molecule has 0 spiro atoms. The number of pyridine rings is 1. The molecule has 1 aromatic heterocycles. The highest BCUT2D eigenvalue weighted by Crippen LogP contribution is 2.19. The van der Waals surface area contributed by atoms with Gasteiger partial charge in [-0.25, -0.2) is 4.98 Å². The molecule has 0 fully saturated rings. The third-order valence-corrected chi connectivity index (χ3v) is 3.09. The second-order valence-electron chi connectivity index (χ2n) is 3.98. The molecule has 2 amide bonds. The minimum Gasteiger partial charge on any atom is -0.383 e. The van der Waals surface area contributed by atoms with E-state index < -0.39 is 11.9 Å². The average Bonchev–Trinajstić information content (AvgIpc) is 2.41. The molecule has 0 saturated heterocycles. The minimum atomic E-state index is -0.686. The van der Waals surface area contributed by atoms with Crippen LogP contribution in [-0.2, 0) is 9.53 Å². The lowest BCUT2D eigenvalue weighted by molar-refractivity contribution is -0.122. The molecule has 8 heteroatoms. The van der Waals surface area contributed by atoms with Crippen LogP contribution in [0.2, 0.25) is 10.2 Å². The maximum Gasteiger partial charge on any atom is 0.253 e. The monoisotopic (exact) mass is 319 g/mol. The molecule has 0 aliphatic heterocycles. The summed E-state index contributed by atoms with van der Waals surface area (Å²) in [5.41, 5.74) is 0.232. The van der Waals surface area contributed by atoms with E-state index in [2.05, 4.69) is 15.6 Å². The van der Waals surface area contributed by atoms with Gasteiger partial charge in [0, 0.05) is 19.9 Å². The Labute approximate surface area is 126 Å². The molecule has 0 saturated carbocycles. The number of carbonyl (C=O) groups is 2. The lowest BCUT2D eigenvalue weighted by Gasteiger charge is -2.14. The van der Waals surface area contributed by atoms with E-state index in [4.69, 9.17) is 27.9 Å². The molecule has 0 radical (unpaired) electrons. The Kier molecular flexibility index (Phi) is 6.70. The number of methoxy groups -OCH3 is 1. The molecule has 1 aromatic rings. The van der Waals surface area contributed by atoms with Crippen LogP contribution in [0.4, 0.5) is 0 Å². The third kappa shape index (κ3) is 4.96. The van der Waals surface area contributed by atoms with Crippen LogP contribution in [0.3, 0.4) is 0 Å². The first-order chi connectivity index (χ1) is 9.45. The summed E-state index contributed by atoms with van der Waals surface area (Å²) in [6.45, 7) is 2.36. The van der Waals surface area contributed by atoms with Crippen LogP contribution in [0.1, 0.15) is 17.3 Å². The predicted octanol–water partition coefficient (Wildman–Crippen LogP) is 1.27. The number of hydrogen-bond acceptors (Lipinski definition) is 4. The van der Waals surface area contributed by atoms with Crippen LogP contribution in [0.5, 0.6) is 0 Å². The SMILES string of the molecule is COCCNC(=O)C(C)NC(=O)c1cnc(Cl)c(Cl)c1. The molecule has 2 N–H and O–H groups in total. The largest absolute Gasteiger partial charge is 0.383 e. The van der Waals surface area contributed by atoms with Crippen LogP contribution in [0, 0.1) is 0 Å². The molecule has 1 atom stereocenters. The molecule has 6 nitrogen and oxygen atoms in total. The van der Waals surface area contributed by atoms with E-state index in [1.807, 2.05) is 0 Å². The zero-order valence-corrected chi connectivity index (χ0v) is 12.6. The lowest BCUT2D eigenvalue weighted by atomic mass is 10.2. The number of aromatic nitrogens is 1. The first-order valence-corrected chi connectivity index (χ1v) is 6.60. The quantitative estimate of drug-likeness (QED) is 0.611. The normalized spacial score (nSPS) is 11.8. The van der Waals surface area contributed by atoms with E-state index >= 15 is 0 Å². The lowest BCUT2D eigenvalue weighted by Crippen LogP contribution is -2.45. The van der Waals surface area contributed by atoms with Crippen LogP contribution in [-0.4, -0.2) is 43.1 Å². The average molecular weight is 320 g/mol. The van der Waals surface area contributed by atoms with Crippen molar-refractivity contribution in [1.82, 2.24) is 15.6 Å². The summed E-state index contributed by atoms with van der Waals surface area (Å²) < 4.78 is 4.81. The highest BCUT2D eigenvalue weighted by molar-refractivity contribution is 6.41. The number of hydrogen-bond donors (Lipinski definition) is 2. The summed E-state index contributed by atoms with van der Waals surface area (Å²) in [5, 5.41) is 5.45. The molecule has 1 unspecified atom stereocenters. The summed E-state index contributed by atoms with van der Waals surface area (Å²) in [4.78, 5) is 27.3. The van der Waals surface area contributed by atoms with Gasteiger partial charge in [-0.1, -0.05) is 23.2 Å². The minimum absolute atomic E-state index is 0.119. The van der Waals surface area contributed by atoms with Crippen molar-refractivity contribution in [3.05, 3.63) is 28.0 Å².